The minimum absolute atomic E-state index is 0.0809. The fraction of sp³-hybridized carbons (Fsp3) is 0.424. The van der Waals surface area contributed by atoms with Crippen LogP contribution in [-0.2, 0) is 24.3 Å². The summed E-state index contributed by atoms with van der Waals surface area (Å²) in [6.45, 7) is 32.1. The summed E-state index contributed by atoms with van der Waals surface area (Å²) >= 11 is 0.257. The number of benzene rings is 5. The van der Waals surface area contributed by atoms with Crippen molar-refractivity contribution in [3.05, 3.63) is 134 Å². The minimum Gasteiger partial charge on any atom is -0.507 e. The summed E-state index contributed by atoms with van der Waals surface area (Å²) in [5, 5.41) is 29.1. The van der Waals surface area contributed by atoms with E-state index in [1.807, 2.05) is 51.1 Å². The van der Waals surface area contributed by atoms with Crippen LogP contribution in [-0.4, -0.2) is 127 Å². The number of hydrogen-bond donors (Lipinski definition) is 3. The average molecular weight is 1180 g/mol. The van der Waals surface area contributed by atoms with Crippen molar-refractivity contribution in [2.24, 2.45) is 0 Å². The van der Waals surface area contributed by atoms with E-state index in [0.29, 0.717) is 34.6 Å². The maximum atomic E-state index is 12.3. The molecule has 5 aromatic rings. The van der Waals surface area contributed by atoms with Gasteiger partial charge in [-0.05, 0) is 86.3 Å². The first-order chi connectivity index (χ1) is 35.8. The zero-order valence-electron chi connectivity index (χ0n) is 48.7. The van der Waals surface area contributed by atoms with Crippen LogP contribution in [0.1, 0.15) is 74.8 Å². The van der Waals surface area contributed by atoms with Gasteiger partial charge >= 0.3 is 182 Å². The van der Waals surface area contributed by atoms with Crippen LogP contribution in [0.25, 0.3) is 0 Å². The van der Waals surface area contributed by atoms with Gasteiger partial charge in [0, 0.05) is 28.3 Å². The van der Waals surface area contributed by atoms with Crippen LogP contribution in [0.15, 0.2) is 78.9 Å². The molecule has 0 spiro atoms. The number of rotatable bonds is 19. The Bertz CT molecular complexity index is 2590. The van der Waals surface area contributed by atoms with Crippen molar-refractivity contribution in [3.63, 3.8) is 0 Å². The molecule has 0 fully saturated rings. The molecule has 5 aromatic carbocycles. The predicted octanol–water partition coefficient (Wildman–Crippen LogP) is 12.2. The van der Waals surface area contributed by atoms with Gasteiger partial charge < -0.3 is 39.0 Å². The van der Waals surface area contributed by atoms with Crippen LogP contribution in [0, 0.1) is 34.6 Å². The fourth-order valence-electron chi connectivity index (χ4n) is 7.25. The van der Waals surface area contributed by atoms with Crippen LogP contribution in [0.3, 0.4) is 0 Å². The standard InChI is InChI=1S/C21H28O3SeSi.C15H24O3Si.C14H22O4Si.C9H10O4/c1-16-13-18(24-11-12-26(3,4)5)14-17(20(16)21(22)23-2)15-25-19-9-7-6-8-10-19;1-11-9-13(18-7-8-19(4,5)6)10-12(2)14(11)15(16)17-3;1-10-8-11(18-6-7-19(3,4)5)9-12(15)13(10)14(16)17-2;1-5-3-6(10)4-7(11)8(5)9(12)13-2/h6-10,13-14H,11-12,15H2,1-5H3;9-10H,7-8H2,1-6H3;8-9,15H,6-7H2,1-5H3;3-4,10-11H,1-2H3. The summed E-state index contributed by atoms with van der Waals surface area (Å²) in [6, 6.07) is 27.2. The molecule has 5 rings (SSSR count). The Morgan fingerprint density at radius 2 is 0.753 bits per heavy atom. The molecule has 0 heterocycles. The van der Waals surface area contributed by atoms with Gasteiger partial charge in [-0.1, -0.05) is 39.3 Å². The molecule has 0 saturated carbocycles. The monoisotopic (exact) mass is 1180 g/mol. The van der Waals surface area contributed by atoms with Gasteiger partial charge in [-0.15, -0.1) is 0 Å². The van der Waals surface area contributed by atoms with Crippen LogP contribution in [0.4, 0.5) is 0 Å². The van der Waals surface area contributed by atoms with E-state index in [0.717, 1.165) is 76.5 Å². The molecular weight excluding hydrogens is 1100 g/mol. The number of methoxy groups -OCH3 is 4. The Morgan fingerprint density at radius 1 is 0.429 bits per heavy atom. The summed E-state index contributed by atoms with van der Waals surface area (Å²) < 4.78 is 37.6. The van der Waals surface area contributed by atoms with Crippen molar-refractivity contribution < 1.29 is 67.7 Å². The summed E-state index contributed by atoms with van der Waals surface area (Å²) in [5.41, 5.74) is 6.46. The fourth-order valence-corrected chi connectivity index (χ4v) is 11.3. The summed E-state index contributed by atoms with van der Waals surface area (Å²) in [6.07, 6.45) is 0. The maximum absolute atomic E-state index is 12.3. The number of carbonyl (C=O) groups excluding carboxylic acids is 4. The number of carbonyl (C=O) groups is 4. The van der Waals surface area contributed by atoms with Crippen LogP contribution < -0.4 is 18.7 Å². The Kier molecular flexibility index (Phi) is 27.3. The third kappa shape index (κ3) is 24.0. The zero-order valence-corrected chi connectivity index (χ0v) is 53.4. The first-order valence-corrected chi connectivity index (χ1v) is 38.5. The molecular formula is C59H84O14SeSi3. The van der Waals surface area contributed by atoms with Gasteiger partial charge in [0.05, 0.1) is 40.1 Å². The summed E-state index contributed by atoms with van der Waals surface area (Å²) in [4.78, 5) is 46.5. The van der Waals surface area contributed by atoms with Gasteiger partial charge in [0.2, 0.25) is 0 Å². The quantitative estimate of drug-likeness (QED) is 0.0401. The first-order valence-electron chi connectivity index (χ1n) is 25.4. The summed E-state index contributed by atoms with van der Waals surface area (Å²) in [5.74, 6) is 0.105. The van der Waals surface area contributed by atoms with E-state index in [2.05, 4.69) is 92.7 Å². The Morgan fingerprint density at radius 3 is 1.13 bits per heavy atom. The molecule has 0 unspecified atom stereocenters. The van der Waals surface area contributed by atoms with Gasteiger partial charge in [0.15, 0.2) is 0 Å². The first kappa shape index (κ1) is 67.1. The third-order valence-corrected chi connectivity index (χ3v) is 18.9. The van der Waals surface area contributed by atoms with Crippen molar-refractivity contribution in [2.45, 2.75) is 117 Å². The second-order valence-electron chi connectivity index (χ2n) is 22.0. The number of aryl methyl sites for hydroxylation is 5. The molecule has 14 nitrogen and oxygen atoms in total. The van der Waals surface area contributed by atoms with Crippen molar-refractivity contribution in [3.8, 4) is 34.5 Å². The number of phenols is 3. The van der Waals surface area contributed by atoms with Gasteiger partial charge in [-0.25, -0.2) is 14.4 Å². The molecule has 0 aliphatic rings. The Hall–Kier alpha value is -6.05. The largest absolute Gasteiger partial charge is 0.507 e. The molecule has 0 saturated heterocycles. The maximum Gasteiger partial charge on any atom is 0.341 e. The van der Waals surface area contributed by atoms with Crippen molar-refractivity contribution in [1.82, 2.24) is 0 Å². The molecule has 0 bridgehead atoms. The van der Waals surface area contributed by atoms with E-state index in [9.17, 15) is 29.4 Å². The smallest absolute Gasteiger partial charge is 0.341 e. The molecule has 0 radical (unpaired) electrons. The van der Waals surface area contributed by atoms with Crippen LogP contribution >= 0.6 is 0 Å². The number of phenolic OH excluding ortho intramolecular Hbond substituents is 3. The molecule has 0 aliphatic carbocycles. The Balaban J connectivity index is 0.000000361. The number of esters is 4. The number of ether oxygens (including phenoxy) is 7. The van der Waals surface area contributed by atoms with Gasteiger partial charge in [0.25, 0.3) is 0 Å². The van der Waals surface area contributed by atoms with Crippen LogP contribution in [0.2, 0.25) is 77.1 Å². The molecule has 0 aliphatic heterocycles. The SMILES string of the molecule is COC(=O)c1c(C)cc(O)cc1O.COC(=O)c1c(C)cc(OCC[Si](C)(C)C)cc1C.COC(=O)c1c(C)cc(OCC[Si](C)(C)C)cc1C[Se]c1ccccc1.COC(=O)c1c(C)cc(OCC[Si](C)(C)C)cc1O. The molecule has 77 heavy (non-hydrogen) atoms. The molecule has 18 heteroatoms. The van der Waals surface area contributed by atoms with Gasteiger partial charge in [0.1, 0.15) is 39.9 Å². The van der Waals surface area contributed by atoms with Crippen molar-refractivity contribution in [2.75, 3.05) is 48.3 Å². The van der Waals surface area contributed by atoms with Crippen LogP contribution in [0.5, 0.6) is 34.5 Å². The van der Waals surface area contributed by atoms with Gasteiger partial charge in [-0.3, -0.25) is 0 Å². The van der Waals surface area contributed by atoms with E-state index in [1.54, 1.807) is 19.9 Å². The topological polar surface area (TPSA) is 194 Å². The minimum atomic E-state index is -1.13. The Labute approximate surface area is 467 Å². The van der Waals surface area contributed by atoms with E-state index in [4.69, 9.17) is 28.8 Å². The average Bonchev–Trinajstić information content (AvgIpc) is 3.31. The zero-order chi connectivity index (χ0) is 58.4. The normalized spacial score (nSPS) is 11.0. The summed E-state index contributed by atoms with van der Waals surface area (Å²) in [7, 11) is 2.03. The van der Waals surface area contributed by atoms with Gasteiger partial charge in [-0.2, -0.15) is 0 Å². The van der Waals surface area contributed by atoms with Crippen molar-refractivity contribution >= 4 is 67.5 Å². The molecule has 422 valence electrons. The van der Waals surface area contributed by atoms with E-state index >= 15 is 0 Å². The van der Waals surface area contributed by atoms with E-state index < -0.39 is 36.2 Å². The molecule has 0 atom stereocenters. The second kappa shape index (κ2) is 31.4. The predicted molar refractivity (Wildman–Crippen MR) is 316 cm³/mol. The van der Waals surface area contributed by atoms with E-state index in [-0.39, 0.29) is 55.3 Å². The third-order valence-electron chi connectivity index (χ3n) is 11.5. The van der Waals surface area contributed by atoms with Crippen molar-refractivity contribution in [1.29, 1.82) is 0 Å². The molecule has 0 aromatic heterocycles. The molecule has 0 amide bonds. The number of aromatic hydroxyl groups is 3. The number of hydrogen-bond acceptors (Lipinski definition) is 14. The van der Waals surface area contributed by atoms with E-state index in [1.165, 1.54) is 45.0 Å². The second-order valence-corrected chi connectivity index (χ2v) is 41.1. The molecule has 3 N–H and O–H groups in total.